The minimum absolute atomic E-state index is 0.0664. The van der Waals surface area contributed by atoms with Crippen molar-refractivity contribution >= 4 is 5.69 Å². The van der Waals surface area contributed by atoms with E-state index in [1.165, 1.54) is 16.8 Å². The minimum atomic E-state index is 0.0664. The summed E-state index contributed by atoms with van der Waals surface area (Å²) in [6.45, 7) is 11.9. The molecule has 1 aromatic carbocycles. The molecule has 2 N–H and O–H groups in total. The summed E-state index contributed by atoms with van der Waals surface area (Å²) in [5.74, 6) is 0. The fraction of sp³-hybridized carbons (Fsp3) is 0.647. The Bertz CT molecular complexity index is 468. The second-order valence-electron chi connectivity index (χ2n) is 6.82. The van der Waals surface area contributed by atoms with Gasteiger partial charge in [0.15, 0.2) is 0 Å². The number of aliphatic hydroxyl groups excluding tert-OH is 1. The monoisotopic (exact) mass is 292 g/mol. The topological polar surface area (TPSA) is 44.7 Å². The molecular formula is C17H28N2O2. The molecule has 4 nitrogen and oxygen atoms in total. The van der Waals surface area contributed by atoms with Gasteiger partial charge in [0.2, 0.25) is 0 Å². The van der Waals surface area contributed by atoms with Crippen molar-refractivity contribution in [1.29, 1.82) is 0 Å². The van der Waals surface area contributed by atoms with Crippen LogP contribution in [-0.4, -0.2) is 43.1 Å². The Morgan fingerprint density at radius 3 is 2.76 bits per heavy atom. The van der Waals surface area contributed by atoms with E-state index in [-0.39, 0.29) is 18.2 Å². The zero-order chi connectivity index (χ0) is 15.5. The van der Waals surface area contributed by atoms with Gasteiger partial charge < -0.3 is 20.1 Å². The van der Waals surface area contributed by atoms with Crippen molar-refractivity contribution in [3.8, 4) is 0 Å². The molecule has 0 aliphatic carbocycles. The van der Waals surface area contributed by atoms with Crippen LogP contribution in [0.1, 0.15) is 31.9 Å². The Balaban J connectivity index is 2.10. The molecule has 0 aromatic heterocycles. The number of anilines is 1. The molecule has 1 saturated heterocycles. The molecule has 21 heavy (non-hydrogen) atoms. The zero-order valence-electron chi connectivity index (χ0n) is 13.6. The summed E-state index contributed by atoms with van der Waals surface area (Å²) in [5.41, 5.74) is 3.90. The lowest BCUT2D eigenvalue weighted by Gasteiger charge is -2.36. The summed E-state index contributed by atoms with van der Waals surface area (Å²) >= 11 is 0. The Morgan fingerprint density at radius 2 is 2.14 bits per heavy atom. The normalized spacial score (nSPS) is 19.9. The van der Waals surface area contributed by atoms with Gasteiger partial charge in [-0.2, -0.15) is 0 Å². The van der Waals surface area contributed by atoms with E-state index < -0.39 is 0 Å². The quantitative estimate of drug-likeness (QED) is 0.892. The standard InChI is InChI=1S/C17H28N2O2/c1-13-9-15(19-7-8-21-12-16(19)11-20)6-5-14(13)10-18-17(2,3)4/h5-6,9,16,18,20H,7-8,10-12H2,1-4H3. The van der Waals surface area contributed by atoms with E-state index in [4.69, 9.17) is 4.74 Å². The number of hydrogen-bond acceptors (Lipinski definition) is 4. The predicted octanol–water partition coefficient (Wildman–Crippen LogP) is 2.08. The average Bonchev–Trinajstić information content (AvgIpc) is 2.45. The number of ether oxygens (including phenoxy) is 1. The van der Waals surface area contributed by atoms with Crippen LogP contribution in [0.25, 0.3) is 0 Å². The molecule has 1 fully saturated rings. The van der Waals surface area contributed by atoms with Gasteiger partial charge in [-0.05, 0) is 51.0 Å². The Kier molecular flexibility index (Phi) is 5.25. The highest BCUT2D eigenvalue weighted by atomic mass is 16.5. The van der Waals surface area contributed by atoms with Crippen molar-refractivity contribution in [2.45, 2.75) is 45.8 Å². The van der Waals surface area contributed by atoms with Crippen molar-refractivity contribution in [2.24, 2.45) is 0 Å². The van der Waals surface area contributed by atoms with E-state index in [1.807, 2.05) is 0 Å². The van der Waals surface area contributed by atoms with Gasteiger partial charge in [0.1, 0.15) is 0 Å². The number of benzene rings is 1. The van der Waals surface area contributed by atoms with Crippen LogP contribution < -0.4 is 10.2 Å². The van der Waals surface area contributed by atoms with Crippen molar-refractivity contribution in [2.75, 3.05) is 31.3 Å². The van der Waals surface area contributed by atoms with Gasteiger partial charge in [0.25, 0.3) is 0 Å². The van der Waals surface area contributed by atoms with Crippen LogP contribution in [0.5, 0.6) is 0 Å². The van der Waals surface area contributed by atoms with Gasteiger partial charge in [-0.15, -0.1) is 0 Å². The largest absolute Gasteiger partial charge is 0.394 e. The van der Waals surface area contributed by atoms with Gasteiger partial charge >= 0.3 is 0 Å². The number of nitrogens with one attached hydrogen (secondary N) is 1. The third-order valence-corrected chi connectivity index (χ3v) is 3.91. The van der Waals surface area contributed by atoms with Gasteiger partial charge in [-0.25, -0.2) is 0 Å². The number of aliphatic hydroxyl groups is 1. The Labute approximate surface area is 128 Å². The van der Waals surface area contributed by atoms with E-state index in [0.29, 0.717) is 6.61 Å². The van der Waals surface area contributed by atoms with Gasteiger partial charge in [-0.3, -0.25) is 0 Å². The van der Waals surface area contributed by atoms with Crippen LogP contribution in [0, 0.1) is 6.92 Å². The molecule has 118 valence electrons. The molecule has 0 spiro atoms. The SMILES string of the molecule is Cc1cc(N2CCOCC2CO)ccc1CNC(C)(C)C. The van der Waals surface area contributed by atoms with Gasteiger partial charge in [0, 0.05) is 24.3 Å². The summed E-state index contributed by atoms with van der Waals surface area (Å²) in [4.78, 5) is 2.25. The lowest BCUT2D eigenvalue weighted by molar-refractivity contribution is 0.0727. The van der Waals surface area contributed by atoms with E-state index in [9.17, 15) is 5.11 Å². The number of nitrogens with zero attached hydrogens (tertiary/aromatic N) is 1. The molecule has 4 heteroatoms. The molecule has 0 radical (unpaired) electrons. The maximum Gasteiger partial charge on any atom is 0.0755 e. The van der Waals surface area contributed by atoms with E-state index in [2.05, 4.69) is 56.1 Å². The average molecular weight is 292 g/mol. The molecule has 0 bridgehead atoms. The summed E-state index contributed by atoms with van der Waals surface area (Å²) < 4.78 is 5.44. The van der Waals surface area contributed by atoms with Gasteiger partial charge in [-0.1, -0.05) is 6.07 Å². The van der Waals surface area contributed by atoms with Crippen LogP contribution >= 0.6 is 0 Å². The number of aryl methyl sites for hydroxylation is 1. The van der Waals surface area contributed by atoms with Crippen LogP contribution in [0.15, 0.2) is 18.2 Å². The summed E-state index contributed by atoms with van der Waals surface area (Å²) in [6, 6.07) is 6.62. The maximum absolute atomic E-state index is 9.49. The molecule has 1 unspecified atom stereocenters. The predicted molar refractivity (Wildman–Crippen MR) is 86.8 cm³/mol. The lowest BCUT2D eigenvalue weighted by Crippen LogP contribution is -2.47. The summed E-state index contributed by atoms with van der Waals surface area (Å²) in [6.07, 6.45) is 0. The fourth-order valence-corrected chi connectivity index (χ4v) is 2.56. The van der Waals surface area contributed by atoms with E-state index in [0.717, 1.165) is 19.7 Å². The molecule has 0 saturated carbocycles. The van der Waals surface area contributed by atoms with Crippen LogP contribution in [0.2, 0.25) is 0 Å². The molecule has 1 aromatic rings. The lowest BCUT2D eigenvalue weighted by atomic mass is 10.0. The Hall–Kier alpha value is -1.10. The third kappa shape index (κ3) is 4.43. The van der Waals surface area contributed by atoms with Crippen molar-refractivity contribution in [3.05, 3.63) is 29.3 Å². The molecular weight excluding hydrogens is 264 g/mol. The summed E-state index contributed by atoms with van der Waals surface area (Å²) in [5, 5.41) is 13.0. The summed E-state index contributed by atoms with van der Waals surface area (Å²) in [7, 11) is 0. The number of rotatable bonds is 4. The first kappa shape index (κ1) is 16.3. The van der Waals surface area contributed by atoms with Crippen molar-refractivity contribution in [1.82, 2.24) is 5.32 Å². The van der Waals surface area contributed by atoms with Crippen LogP contribution in [0.3, 0.4) is 0 Å². The zero-order valence-corrected chi connectivity index (χ0v) is 13.6. The molecule has 0 amide bonds. The third-order valence-electron chi connectivity index (χ3n) is 3.91. The van der Waals surface area contributed by atoms with Crippen LogP contribution in [0.4, 0.5) is 5.69 Å². The van der Waals surface area contributed by atoms with Crippen LogP contribution in [-0.2, 0) is 11.3 Å². The maximum atomic E-state index is 9.49. The first-order chi connectivity index (χ1) is 9.90. The van der Waals surface area contributed by atoms with Crippen molar-refractivity contribution in [3.63, 3.8) is 0 Å². The molecule has 1 aliphatic heterocycles. The highest BCUT2D eigenvalue weighted by Gasteiger charge is 2.22. The van der Waals surface area contributed by atoms with Crippen molar-refractivity contribution < 1.29 is 9.84 Å². The molecule has 1 heterocycles. The smallest absolute Gasteiger partial charge is 0.0755 e. The first-order valence-electron chi connectivity index (χ1n) is 7.70. The van der Waals surface area contributed by atoms with E-state index >= 15 is 0 Å². The highest BCUT2D eigenvalue weighted by Crippen LogP contribution is 2.23. The molecule has 1 atom stereocenters. The second kappa shape index (κ2) is 6.77. The Morgan fingerprint density at radius 1 is 1.38 bits per heavy atom. The molecule has 1 aliphatic rings. The van der Waals surface area contributed by atoms with Gasteiger partial charge in [0.05, 0.1) is 25.9 Å². The molecule has 2 rings (SSSR count). The highest BCUT2D eigenvalue weighted by molar-refractivity contribution is 5.52. The first-order valence-corrected chi connectivity index (χ1v) is 7.70. The second-order valence-corrected chi connectivity index (χ2v) is 6.82. The van der Waals surface area contributed by atoms with E-state index in [1.54, 1.807) is 0 Å². The minimum Gasteiger partial charge on any atom is -0.394 e. The number of hydrogen-bond donors (Lipinski definition) is 2. The number of morpholine rings is 1. The fourth-order valence-electron chi connectivity index (χ4n) is 2.56.